The Balaban J connectivity index is 2.43. The number of oxazole rings is 1. The summed E-state index contributed by atoms with van der Waals surface area (Å²) in [4.78, 5) is 16.1. The van der Waals surface area contributed by atoms with E-state index in [0.717, 1.165) is 5.75 Å². The lowest BCUT2D eigenvalue weighted by molar-refractivity contribution is 0.235. The van der Waals surface area contributed by atoms with E-state index in [4.69, 9.17) is 4.42 Å². The number of nitrogens with zero attached hydrogens (tertiary/aromatic N) is 2. The van der Waals surface area contributed by atoms with Crippen molar-refractivity contribution in [1.29, 1.82) is 0 Å². The lowest BCUT2D eigenvalue weighted by Gasteiger charge is -2.29. The normalized spacial score (nSPS) is 14.0. The molecular formula is C13H18N2O2S. The van der Waals surface area contributed by atoms with E-state index in [9.17, 15) is 4.79 Å². The molecular weight excluding hydrogens is 248 g/mol. The summed E-state index contributed by atoms with van der Waals surface area (Å²) in [5.74, 6) is 0.649. The molecule has 0 aliphatic heterocycles. The van der Waals surface area contributed by atoms with E-state index in [1.165, 1.54) is 0 Å². The first-order valence-electron chi connectivity index (χ1n) is 5.98. The Morgan fingerprint density at radius 3 is 2.83 bits per heavy atom. The number of rotatable bonds is 3. The summed E-state index contributed by atoms with van der Waals surface area (Å²) in [7, 11) is 0. The maximum atomic E-state index is 11.8. The van der Waals surface area contributed by atoms with Crippen LogP contribution in [0.4, 0.5) is 0 Å². The maximum Gasteiger partial charge on any atom is 0.421 e. The lowest BCUT2D eigenvalue weighted by Crippen LogP contribution is -2.30. The number of hydrogen-bond donors (Lipinski definition) is 1. The van der Waals surface area contributed by atoms with Gasteiger partial charge in [0.2, 0.25) is 0 Å². The zero-order valence-corrected chi connectivity index (χ0v) is 11.8. The lowest BCUT2D eigenvalue weighted by atomic mass is 9.82. The van der Waals surface area contributed by atoms with E-state index < -0.39 is 0 Å². The number of fused-ring (bicyclic) bond motifs is 1. The van der Waals surface area contributed by atoms with E-state index >= 15 is 0 Å². The van der Waals surface area contributed by atoms with Crippen molar-refractivity contribution < 1.29 is 4.42 Å². The molecule has 0 saturated carbocycles. The predicted molar refractivity (Wildman–Crippen MR) is 75.1 cm³/mol. The molecule has 0 aliphatic rings. The third-order valence-corrected chi connectivity index (χ3v) is 3.71. The van der Waals surface area contributed by atoms with Gasteiger partial charge in [0.1, 0.15) is 0 Å². The zero-order chi connectivity index (χ0) is 13.3. The minimum atomic E-state index is -0.347. The van der Waals surface area contributed by atoms with Gasteiger partial charge in [-0.3, -0.25) is 4.57 Å². The first kappa shape index (κ1) is 13.2. The topological polar surface area (TPSA) is 48.0 Å². The first-order valence-corrected chi connectivity index (χ1v) is 6.62. The average molecular weight is 266 g/mol. The van der Waals surface area contributed by atoms with Crippen molar-refractivity contribution in [2.24, 2.45) is 11.3 Å². The van der Waals surface area contributed by atoms with Crippen molar-refractivity contribution in [1.82, 2.24) is 9.55 Å². The zero-order valence-electron chi connectivity index (χ0n) is 10.9. The molecule has 0 fully saturated rings. The van der Waals surface area contributed by atoms with E-state index in [1.807, 2.05) is 0 Å². The largest absolute Gasteiger partial charge is 0.421 e. The monoisotopic (exact) mass is 266 g/mol. The summed E-state index contributed by atoms with van der Waals surface area (Å²) < 4.78 is 6.78. The van der Waals surface area contributed by atoms with Gasteiger partial charge in [0, 0.05) is 12.7 Å². The third-order valence-electron chi connectivity index (χ3n) is 3.27. The van der Waals surface area contributed by atoms with Crippen molar-refractivity contribution in [3.63, 3.8) is 0 Å². The minimum Gasteiger partial charge on any atom is -0.406 e. The van der Waals surface area contributed by atoms with Crippen LogP contribution in [-0.2, 0) is 6.54 Å². The SMILES string of the molecule is CC(C)(C)C(CS)Cn1c(=O)oc2cccnc21. The van der Waals surface area contributed by atoms with Gasteiger partial charge in [-0.05, 0) is 29.2 Å². The van der Waals surface area contributed by atoms with Gasteiger partial charge in [-0.15, -0.1) is 0 Å². The highest BCUT2D eigenvalue weighted by Gasteiger charge is 2.25. The Kier molecular flexibility index (Phi) is 3.52. The summed E-state index contributed by atoms with van der Waals surface area (Å²) in [6.45, 7) is 7.02. The number of pyridine rings is 1. The molecule has 0 spiro atoms. The summed E-state index contributed by atoms with van der Waals surface area (Å²) in [6.07, 6.45) is 1.67. The second-order valence-electron chi connectivity index (χ2n) is 5.55. The van der Waals surface area contributed by atoms with Crippen LogP contribution in [-0.4, -0.2) is 15.3 Å². The molecule has 0 radical (unpaired) electrons. The molecule has 1 atom stereocenters. The first-order chi connectivity index (χ1) is 8.43. The quantitative estimate of drug-likeness (QED) is 0.869. The third kappa shape index (κ3) is 2.46. The molecule has 2 aromatic rings. The molecule has 0 aliphatic carbocycles. The van der Waals surface area contributed by atoms with Crippen molar-refractivity contribution in [2.75, 3.05) is 5.75 Å². The summed E-state index contributed by atoms with van der Waals surface area (Å²) in [6, 6.07) is 3.52. The Bertz CT molecular complexity index is 595. The number of hydrogen-bond acceptors (Lipinski definition) is 4. The van der Waals surface area contributed by atoms with Crippen LogP contribution in [0.2, 0.25) is 0 Å². The highest BCUT2D eigenvalue weighted by Crippen LogP contribution is 2.28. The van der Waals surface area contributed by atoms with Gasteiger partial charge in [0.15, 0.2) is 11.2 Å². The fourth-order valence-electron chi connectivity index (χ4n) is 1.89. The molecule has 18 heavy (non-hydrogen) atoms. The molecule has 0 amide bonds. The van der Waals surface area contributed by atoms with Gasteiger partial charge in [-0.1, -0.05) is 20.8 Å². The molecule has 5 heteroatoms. The number of thiol groups is 1. The molecule has 98 valence electrons. The molecule has 0 saturated heterocycles. The van der Waals surface area contributed by atoms with Gasteiger partial charge in [0.25, 0.3) is 0 Å². The second kappa shape index (κ2) is 4.80. The van der Waals surface area contributed by atoms with Gasteiger partial charge in [0.05, 0.1) is 0 Å². The Hall–Kier alpha value is -1.23. The standard InChI is InChI=1S/C13H18N2O2S/c1-13(2,3)9(8-18)7-15-11-10(17-12(15)16)5-4-6-14-11/h4-6,9,18H,7-8H2,1-3H3. The van der Waals surface area contributed by atoms with Crippen LogP contribution in [0, 0.1) is 11.3 Å². The summed E-state index contributed by atoms with van der Waals surface area (Å²) >= 11 is 4.38. The molecule has 2 aromatic heterocycles. The molecule has 0 bridgehead atoms. The second-order valence-corrected chi connectivity index (χ2v) is 5.91. The van der Waals surface area contributed by atoms with Crippen LogP contribution in [0.15, 0.2) is 27.5 Å². The van der Waals surface area contributed by atoms with Crippen molar-refractivity contribution in [3.05, 3.63) is 28.9 Å². The molecule has 2 heterocycles. The van der Waals surface area contributed by atoms with E-state index in [-0.39, 0.29) is 17.1 Å². The van der Waals surface area contributed by atoms with E-state index in [0.29, 0.717) is 17.8 Å². The molecule has 0 N–H and O–H groups in total. The van der Waals surface area contributed by atoms with Gasteiger partial charge in [-0.25, -0.2) is 9.78 Å². The van der Waals surface area contributed by atoms with Crippen LogP contribution >= 0.6 is 12.6 Å². The highest BCUT2D eigenvalue weighted by molar-refractivity contribution is 7.80. The van der Waals surface area contributed by atoms with E-state index in [1.54, 1.807) is 22.9 Å². The summed E-state index contributed by atoms with van der Waals surface area (Å²) in [5.41, 5.74) is 1.23. The Labute approximate surface area is 111 Å². The number of aromatic nitrogens is 2. The van der Waals surface area contributed by atoms with Crippen molar-refractivity contribution >= 4 is 23.9 Å². The Morgan fingerprint density at radius 2 is 2.22 bits per heavy atom. The molecule has 1 unspecified atom stereocenters. The van der Waals surface area contributed by atoms with Crippen molar-refractivity contribution in [2.45, 2.75) is 27.3 Å². The van der Waals surface area contributed by atoms with Gasteiger partial charge < -0.3 is 4.42 Å². The molecule has 2 rings (SSSR count). The maximum absolute atomic E-state index is 11.8. The smallest absolute Gasteiger partial charge is 0.406 e. The summed E-state index contributed by atoms with van der Waals surface area (Å²) in [5, 5.41) is 0. The Morgan fingerprint density at radius 1 is 1.50 bits per heavy atom. The van der Waals surface area contributed by atoms with Crippen LogP contribution in [0.5, 0.6) is 0 Å². The van der Waals surface area contributed by atoms with Crippen molar-refractivity contribution in [3.8, 4) is 0 Å². The van der Waals surface area contributed by atoms with Crippen LogP contribution < -0.4 is 5.76 Å². The van der Waals surface area contributed by atoms with Gasteiger partial charge in [-0.2, -0.15) is 12.6 Å². The molecule has 4 nitrogen and oxygen atoms in total. The van der Waals surface area contributed by atoms with Crippen LogP contribution in [0.1, 0.15) is 20.8 Å². The fraction of sp³-hybridized carbons (Fsp3) is 0.538. The van der Waals surface area contributed by atoms with Gasteiger partial charge >= 0.3 is 5.76 Å². The minimum absolute atomic E-state index is 0.0829. The van der Waals surface area contributed by atoms with Crippen LogP contribution in [0.3, 0.4) is 0 Å². The van der Waals surface area contributed by atoms with E-state index in [2.05, 4.69) is 38.4 Å². The predicted octanol–water partition coefficient (Wildman–Crippen LogP) is 2.58. The average Bonchev–Trinajstić information content (AvgIpc) is 2.60. The van der Waals surface area contributed by atoms with Crippen LogP contribution in [0.25, 0.3) is 11.2 Å². The fourth-order valence-corrected chi connectivity index (χ4v) is 2.55. The highest BCUT2D eigenvalue weighted by atomic mass is 32.1. The molecule has 0 aromatic carbocycles.